The molecule has 0 aliphatic carbocycles. The summed E-state index contributed by atoms with van der Waals surface area (Å²) in [5.41, 5.74) is 4.25. The standard InChI is InChI=1S/C24H19N3O3S/c1-27(23(29)25-19-7-3-2-4-8-19)20-9-5-6-18(15-20)17-12-10-16(11-13-17)14-21-22(28)26-24(30)31-21/h2-15H,1H3,(H,25,29)(H,26,28,30)/b21-14+. The Morgan fingerprint density at radius 2 is 1.68 bits per heavy atom. The molecule has 154 valence electrons. The molecule has 0 radical (unpaired) electrons. The van der Waals surface area contributed by atoms with E-state index in [1.807, 2.05) is 78.9 Å². The van der Waals surface area contributed by atoms with E-state index in [1.54, 1.807) is 18.0 Å². The highest BCUT2D eigenvalue weighted by molar-refractivity contribution is 8.18. The van der Waals surface area contributed by atoms with Gasteiger partial charge >= 0.3 is 6.03 Å². The molecule has 1 fully saturated rings. The van der Waals surface area contributed by atoms with Crippen LogP contribution in [0.3, 0.4) is 0 Å². The van der Waals surface area contributed by atoms with Gasteiger partial charge in [0.15, 0.2) is 0 Å². The second-order valence-electron chi connectivity index (χ2n) is 6.88. The summed E-state index contributed by atoms with van der Waals surface area (Å²) in [7, 11) is 1.72. The van der Waals surface area contributed by atoms with Crippen LogP contribution in [0.25, 0.3) is 17.2 Å². The maximum Gasteiger partial charge on any atom is 0.326 e. The van der Waals surface area contributed by atoms with E-state index in [2.05, 4.69) is 10.6 Å². The third-order valence-corrected chi connectivity index (χ3v) is 5.56. The van der Waals surface area contributed by atoms with Gasteiger partial charge in [-0.3, -0.25) is 19.8 Å². The quantitative estimate of drug-likeness (QED) is 0.548. The molecule has 6 nitrogen and oxygen atoms in total. The molecule has 1 heterocycles. The lowest BCUT2D eigenvalue weighted by Crippen LogP contribution is -2.31. The summed E-state index contributed by atoms with van der Waals surface area (Å²) in [5, 5.41) is 4.76. The van der Waals surface area contributed by atoms with E-state index in [0.29, 0.717) is 4.91 Å². The van der Waals surface area contributed by atoms with Gasteiger partial charge in [0.05, 0.1) is 4.91 Å². The molecule has 0 unspecified atom stereocenters. The molecule has 1 saturated heterocycles. The van der Waals surface area contributed by atoms with Crippen LogP contribution in [0.2, 0.25) is 0 Å². The fourth-order valence-corrected chi connectivity index (χ4v) is 3.77. The number of nitrogens with zero attached hydrogens (tertiary/aromatic N) is 1. The summed E-state index contributed by atoms with van der Waals surface area (Å²) < 4.78 is 0. The van der Waals surface area contributed by atoms with Crippen molar-refractivity contribution in [3.63, 3.8) is 0 Å². The molecule has 31 heavy (non-hydrogen) atoms. The molecular formula is C24H19N3O3S. The minimum atomic E-state index is -0.372. The summed E-state index contributed by atoms with van der Waals surface area (Å²) >= 11 is 0.896. The van der Waals surface area contributed by atoms with Gasteiger partial charge in [0.2, 0.25) is 0 Å². The Balaban J connectivity index is 1.50. The number of benzene rings is 3. The molecule has 4 amide bonds. The van der Waals surface area contributed by atoms with Crippen molar-refractivity contribution in [3.8, 4) is 11.1 Å². The number of anilines is 2. The molecule has 4 rings (SSSR count). The molecule has 3 aromatic carbocycles. The summed E-state index contributed by atoms with van der Waals surface area (Å²) in [5.74, 6) is -0.372. The number of imide groups is 1. The number of hydrogen-bond acceptors (Lipinski definition) is 4. The van der Waals surface area contributed by atoms with Crippen LogP contribution in [0.15, 0.2) is 83.8 Å². The van der Waals surface area contributed by atoms with Gasteiger partial charge in [-0.15, -0.1) is 0 Å². The van der Waals surface area contributed by atoms with Gasteiger partial charge < -0.3 is 5.32 Å². The van der Waals surface area contributed by atoms with Crippen molar-refractivity contribution in [1.29, 1.82) is 0 Å². The second-order valence-corrected chi connectivity index (χ2v) is 7.89. The molecule has 0 bridgehead atoms. The number of urea groups is 1. The van der Waals surface area contributed by atoms with E-state index < -0.39 is 0 Å². The average molecular weight is 430 g/mol. The maximum atomic E-state index is 12.6. The lowest BCUT2D eigenvalue weighted by Gasteiger charge is -2.19. The van der Waals surface area contributed by atoms with Crippen LogP contribution in [0.4, 0.5) is 21.0 Å². The highest BCUT2D eigenvalue weighted by atomic mass is 32.2. The van der Waals surface area contributed by atoms with Crippen LogP contribution < -0.4 is 15.5 Å². The molecular weight excluding hydrogens is 410 g/mol. The van der Waals surface area contributed by atoms with Crippen molar-refractivity contribution >= 4 is 46.4 Å². The molecule has 3 aromatic rings. The first-order valence-electron chi connectivity index (χ1n) is 9.55. The summed E-state index contributed by atoms with van der Waals surface area (Å²) in [6.45, 7) is 0. The van der Waals surface area contributed by atoms with Gasteiger partial charge in [0.25, 0.3) is 11.1 Å². The van der Waals surface area contributed by atoms with Gasteiger partial charge in [0.1, 0.15) is 0 Å². The second kappa shape index (κ2) is 8.89. The van der Waals surface area contributed by atoms with Crippen molar-refractivity contribution in [1.82, 2.24) is 5.32 Å². The Morgan fingerprint density at radius 3 is 2.35 bits per heavy atom. The third kappa shape index (κ3) is 4.84. The first-order chi connectivity index (χ1) is 15.0. The van der Waals surface area contributed by atoms with Crippen LogP contribution >= 0.6 is 11.8 Å². The van der Waals surface area contributed by atoms with Gasteiger partial charge in [0, 0.05) is 18.4 Å². The number of thioether (sulfide) groups is 1. The smallest absolute Gasteiger partial charge is 0.308 e. The highest BCUT2D eigenvalue weighted by Crippen LogP contribution is 2.28. The zero-order valence-corrected chi connectivity index (χ0v) is 17.5. The third-order valence-electron chi connectivity index (χ3n) is 4.75. The average Bonchev–Trinajstić information content (AvgIpc) is 3.11. The first-order valence-corrected chi connectivity index (χ1v) is 10.4. The van der Waals surface area contributed by atoms with Gasteiger partial charge in [-0.05, 0) is 58.8 Å². The van der Waals surface area contributed by atoms with Crippen molar-refractivity contribution in [2.45, 2.75) is 0 Å². The monoisotopic (exact) mass is 429 g/mol. The van der Waals surface area contributed by atoms with Crippen LogP contribution in [0.1, 0.15) is 5.56 Å². The van der Waals surface area contributed by atoms with Gasteiger partial charge in [-0.25, -0.2) is 4.79 Å². The lowest BCUT2D eigenvalue weighted by atomic mass is 10.0. The maximum absolute atomic E-state index is 12.6. The number of nitrogens with one attached hydrogen (secondary N) is 2. The van der Waals surface area contributed by atoms with Crippen molar-refractivity contribution in [2.75, 3.05) is 17.3 Å². The van der Waals surface area contributed by atoms with Crippen LogP contribution in [0, 0.1) is 0 Å². The van der Waals surface area contributed by atoms with Crippen LogP contribution in [-0.4, -0.2) is 24.2 Å². The van der Waals surface area contributed by atoms with E-state index in [0.717, 1.165) is 39.8 Å². The summed E-state index contributed by atoms with van der Waals surface area (Å²) in [6.07, 6.45) is 1.69. The molecule has 1 aliphatic heterocycles. The Kier molecular flexibility index (Phi) is 5.86. The van der Waals surface area contributed by atoms with E-state index >= 15 is 0 Å². The molecule has 0 aromatic heterocycles. The summed E-state index contributed by atoms with van der Waals surface area (Å²) in [6, 6.07) is 24.4. The fraction of sp³-hybridized carbons (Fsp3) is 0.0417. The normalized spacial score (nSPS) is 14.4. The molecule has 7 heteroatoms. The Bertz CT molecular complexity index is 1170. The van der Waals surface area contributed by atoms with Gasteiger partial charge in [-0.1, -0.05) is 54.6 Å². The number of hydrogen-bond donors (Lipinski definition) is 2. The predicted molar refractivity (Wildman–Crippen MR) is 125 cm³/mol. The largest absolute Gasteiger partial charge is 0.326 e. The number of carbonyl (C=O) groups excluding carboxylic acids is 3. The van der Waals surface area contributed by atoms with E-state index in [-0.39, 0.29) is 17.2 Å². The van der Waals surface area contributed by atoms with Crippen LogP contribution in [0.5, 0.6) is 0 Å². The predicted octanol–water partition coefficient (Wildman–Crippen LogP) is 5.35. The topological polar surface area (TPSA) is 78.5 Å². The van der Waals surface area contributed by atoms with Crippen molar-refractivity contribution in [2.24, 2.45) is 0 Å². The fourth-order valence-electron chi connectivity index (χ4n) is 3.08. The van der Waals surface area contributed by atoms with Crippen LogP contribution in [-0.2, 0) is 4.79 Å². The number of para-hydroxylation sites is 1. The number of rotatable bonds is 4. The zero-order chi connectivity index (χ0) is 21.8. The minimum absolute atomic E-state index is 0.229. The molecule has 0 saturated carbocycles. The number of amides is 4. The zero-order valence-electron chi connectivity index (χ0n) is 16.7. The number of carbonyl (C=O) groups is 3. The van der Waals surface area contributed by atoms with E-state index in [1.165, 1.54) is 0 Å². The Hall–Kier alpha value is -3.84. The summed E-state index contributed by atoms with van der Waals surface area (Å²) in [4.78, 5) is 37.5. The molecule has 0 atom stereocenters. The van der Waals surface area contributed by atoms with Crippen molar-refractivity contribution < 1.29 is 14.4 Å². The Morgan fingerprint density at radius 1 is 0.935 bits per heavy atom. The first kappa shape index (κ1) is 20.4. The highest BCUT2D eigenvalue weighted by Gasteiger charge is 2.24. The SMILES string of the molecule is CN(C(=O)Nc1ccccc1)c1cccc(-c2ccc(/C=C3/SC(=O)NC3=O)cc2)c1. The van der Waals surface area contributed by atoms with E-state index in [4.69, 9.17) is 0 Å². The molecule has 2 N–H and O–H groups in total. The van der Waals surface area contributed by atoms with Crippen molar-refractivity contribution in [3.05, 3.63) is 89.3 Å². The molecule has 0 spiro atoms. The molecule has 1 aliphatic rings. The minimum Gasteiger partial charge on any atom is -0.308 e. The van der Waals surface area contributed by atoms with Gasteiger partial charge in [-0.2, -0.15) is 0 Å². The van der Waals surface area contributed by atoms with E-state index in [9.17, 15) is 14.4 Å². The lowest BCUT2D eigenvalue weighted by molar-refractivity contribution is -0.115. The Labute approximate surface area is 184 Å².